The van der Waals surface area contributed by atoms with Gasteiger partial charge in [-0.15, -0.1) is 13.2 Å². The molecule has 0 bridgehead atoms. The Morgan fingerprint density at radius 1 is 1.11 bits per heavy atom. The third kappa shape index (κ3) is 3.28. The molecule has 6 rings (SSSR count). The zero-order chi connectivity index (χ0) is 24.5. The molecule has 2 atom stereocenters. The molecule has 7 nitrogen and oxygen atoms in total. The second-order valence-electron chi connectivity index (χ2n) is 8.78. The van der Waals surface area contributed by atoms with Gasteiger partial charge in [0.2, 0.25) is 0 Å². The third-order valence-corrected chi connectivity index (χ3v) is 6.56. The first-order chi connectivity index (χ1) is 16.7. The summed E-state index contributed by atoms with van der Waals surface area (Å²) >= 11 is 0. The molecule has 2 aliphatic heterocycles. The van der Waals surface area contributed by atoms with Crippen molar-refractivity contribution in [2.75, 3.05) is 11.5 Å². The van der Waals surface area contributed by atoms with Gasteiger partial charge in [0.25, 0.3) is 0 Å². The number of pyridine rings is 2. The lowest BCUT2D eigenvalue weighted by Crippen LogP contribution is -2.56. The SMILES string of the molecule is Cc1ccc(OC(F)(F)F)cc1N1c2c(c3cccnc3c3cccnc23)CC2(O)COC(=O)C12. The van der Waals surface area contributed by atoms with Crippen LogP contribution in [0.3, 0.4) is 0 Å². The molecule has 1 fully saturated rings. The molecule has 2 aliphatic rings. The van der Waals surface area contributed by atoms with Crippen LogP contribution >= 0.6 is 0 Å². The number of fused-ring (bicyclic) bond motifs is 7. The van der Waals surface area contributed by atoms with Crippen molar-refractivity contribution in [3.05, 3.63) is 66.0 Å². The number of halogens is 3. The van der Waals surface area contributed by atoms with Crippen molar-refractivity contribution in [2.45, 2.75) is 31.3 Å². The van der Waals surface area contributed by atoms with E-state index in [9.17, 15) is 23.1 Å². The third-order valence-electron chi connectivity index (χ3n) is 6.56. The first-order valence-corrected chi connectivity index (χ1v) is 10.9. The lowest BCUT2D eigenvalue weighted by molar-refractivity contribution is -0.274. The number of aryl methyl sites for hydroxylation is 1. The highest BCUT2D eigenvalue weighted by molar-refractivity contribution is 6.14. The predicted octanol–water partition coefficient (Wildman–Crippen LogP) is 4.34. The Balaban J connectivity index is 1.71. The van der Waals surface area contributed by atoms with E-state index in [1.54, 1.807) is 36.4 Å². The lowest BCUT2D eigenvalue weighted by Gasteiger charge is -2.43. The molecule has 2 aromatic carbocycles. The Morgan fingerprint density at radius 2 is 1.83 bits per heavy atom. The van der Waals surface area contributed by atoms with Crippen LogP contribution in [0.4, 0.5) is 24.5 Å². The molecule has 4 heterocycles. The summed E-state index contributed by atoms with van der Waals surface area (Å²) in [5.41, 5.74) is 1.61. The minimum atomic E-state index is -4.89. The fraction of sp³-hybridized carbons (Fsp3) is 0.240. The number of anilines is 2. The van der Waals surface area contributed by atoms with E-state index in [4.69, 9.17) is 4.74 Å². The van der Waals surface area contributed by atoms with E-state index >= 15 is 0 Å². The summed E-state index contributed by atoms with van der Waals surface area (Å²) in [6.45, 7) is 1.46. The standard InChI is InChI=1S/C25H18F3N3O4/c1-13-6-7-14(35-25(26,27)28)10-18(13)31-21-17(11-24(33)12-34-23(32)22(24)31)15-4-2-8-29-19(15)16-5-3-9-30-20(16)21/h2-10,22,33H,11-12H2,1H3. The molecule has 10 heteroatoms. The Kier molecular flexibility index (Phi) is 4.50. The first kappa shape index (κ1) is 21.6. The maximum absolute atomic E-state index is 13.0. The number of hydrogen-bond acceptors (Lipinski definition) is 7. The Labute approximate surface area is 196 Å². The molecule has 4 aromatic rings. The van der Waals surface area contributed by atoms with Crippen LogP contribution in [0.5, 0.6) is 5.75 Å². The number of rotatable bonds is 2. The molecule has 35 heavy (non-hydrogen) atoms. The average Bonchev–Trinajstić information content (AvgIpc) is 3.12. The summed E-state index contributed by atoms with van der Waals surface area (Å²) < 4.78 is 48.5. The maximum atomic E-state index is 13.0. The fourth-order valence-corrected chi connectivity index (χ4v) is 5.16. The van der Waals surface area contributed by atoms with Crippen LogP contribution in [0.2, 0.25) is 0 Å². The van der Waals surface area contributed by atoms with E-state index in [2.05, 4.69) is 14.7 Å². The van der Waals surface area contributed by atoms with Crippen LogP contribution in [-0.4, -0.2) is 45.7 Å². The summed E-state index contributed by atoms with van der Waals surface area (Å²) in [6, 6.07) is 9.95. The Bertz CT molecular complexity index is 1520. The van der Waals surface area contributed by atoms with E-state index in [1.807, 2.05) is 12.1 Å². The van der Waals surface area contributed by atoms with Crippen molar-refractivity contribution in [1.29, 1.82) is 0 Å². The average molecular weight is 481 g/mol. The number of nitrogens with zero attached hydrogens (tertiary/aromatic N) is 3. The lowest BCUT2D eigenvalue weighted by atomic mass is 9.80. The molecule has 0 radical (unpaired) electrons. The van der Waals surface area contributed by atoms with Crippen LogP contribution in [0, 0.1) is 6.92 Å². The fourth-order valence-electron chi connectivity index (χ4n) is 5.16. The van der Waals surface area contributed by atoms with Crippen LogP contribution in [-0.2, 0) is 16.0 Å². The van der Waals surface area contributed by atoms with Crippen LogP contribution < -0.4 is 9.64 Å². The van der Waals surface area contributed by atoms with Gasteiger partial charge in [-0.1, -0.05) is 12.1 Å². The quantitative estimate of drug-likeness (QED) is 0.337. The van der Waals surface area contributed by atoms with Gasteiger partial charge in [0, 0.05) is 41.3 Å². The van der Waals surface area contributed by atoms with E-state index < -0.39 is 29.7 Å². The molecule has 1 saturated heterocycles. The number of aliphatic hydroxyl groups is 1. The van der Waals surface area contributed by atoms with Gasteiger partial charge < -0.3 is 19.5 Å². The summed E-state index contributed by atoms with van der Waals surface area (Å²) in [6.07, 6.45) is -1.56. The maximum Gasteiger partial charge on any atom is 0.573 e. The highest BCUT2D eigenvalue weighted by Crippen LogP contribution is 2.50. The number of alkyl halides is 3. The minimum Gasteiger partial charge on any atom is -0.461 e. The number of esters is 1. The smallest absolute Gasteiger partial charge is 0.461 e. The number of aromatic nitrogens is 2. The summed E-state index contributed by atoms with van der Waals surface area (Å²) in [4.78, 5) is 23.6. The van der Waals surface area contributed by atoms with Gasteiger partial charge in [-0.05, 0) is 42.3 Å². The molecule has 1 N–H and O–H groups in total. The van der Waals surface area contributed by atoms with E-state index in [0.717, 1.165) is 5.39 Å². The van der Waals surface area contributed by atoms with Gasteiger partial charge in [-0.2, -0.15) is 0 Å². The minimum absolute atomic E-state index is 0.0851. The van der Waals surface area contributed by atoms with Crippen molar-refractivity contribution in [3.8, 4) is 5.75 Å². The Hall–Kier alpha value is -3.92. The van der Waals surface area contributed by atoms with Gasteiger partial charge >= 0.3 is 12.3 Å². The number of carbonyl (C=O) groups is 1. The van der Waals surface area contributed by atoms with Gasteiger partial charge in [-0.25, -0.2) is 4.79 Å². The molecule has 0 spiro atoms. The van der Waals surface area contributed by atoms with E-state index in [-0.39, 0.29) is 18.7 Å². The summed E-state index contributed by atoms with van der Waals surface area (Å²) in [5, 5.41) is 13.1. The second-order valence-corrected chi connectivity index (χ2v) is 8.78. The summed E-state index contributed by atoms with van der Waals surface area (Å²) in [5.74, 6) is -1.12. The van der Waals surface area contributed by atoms with Crippen LogP contribution in [0.15, 0.2) is 54.9 Å². The second kappa shape index (κ2) is 7.29. The summed E-state index contributed by atoms with van der Waals surface area (Å²) in [7, 11) is 0. The van der Waals surface area contributed by atoms with Crippen LogP contribution in [0.25, 0.3) is 21.8 Å². The molecular formula is C25H18F3N3O4. The number of cyclic esters (lactones) is 1. The normalized spacial score (nSPS) is 21.7. The molecule has 178 valence electrons. The first-order valence-electron chi connectivity index (χ1n) is 10.9. The van der Waals surface area contributed by atoms with Crippen molar-refractivity contribution in [2.24, 2.45) is 0 Å². The van der Waals surface area contributed by atoms with Crippen molar-refractivity contribution < 1.29 is 32.5 Å². The Morgan fingerprint density at radius 3 is 2.57 bits per heavy atom. The van der Waals surface area contributed by atoms with Gasteiger partial charge in [0.15, 0.2) is 6.04 Å². The molecule has 2 unspecified atom stereocenters. The zero-order valence-electron chi connectivity index (χ0n) is 18.3. The number of carbonyl (C=O) groups excluding carboxylic acids is 1. The highest BCUT2D eigenvalue weighted by atomic mass is 19.4. The van der Waals surface area contributed by atoms with Gasteiger partial charge in [0.1, 0.15) is 18.0 Å². The molecule has 2 aromatic heterocycles. The number of hydrogen-bond donors (Lipinski definition) is 1. The zero-order valence-corrected chi connectivity index (χ0v) is 18.3. The molecule has 0 aliphatic carbocycles. The van der Waals surface area contributed by atoms with E-state index in [0.29, 0.717) is 33.2 Å². The number of benzene rings is 2. The molecule has 0 saturated carbocycles. The topological polar surface area (TPSA) is 84.8 Å². The molecular weight excluding hydrogens is 463 g/mol. The van der Waals surface area contributed by atoms with Crippen molar-refractivity contribution in [1.82, 2.24) is 9.97 Å². The predicted molar refractivity (Wildman–Crippen MR) is 120 cm³/mol. The van der Waals surface area contributed by atoms with Crippen molar-refractivity contribution >= 4 is 39.1 Å². The van der Waals surface area contributed by atoms with Gasteiger partial charge in [0.05, 0.1) is 16.7 Å². The molecule has 0 amide bonds. The largest absolute Gasteiger partial charge is 0.573 e. The van der Waals surface area contributed by atoms with E-state index in [1.165, 1.54) is 18.2 Å². The number of ether oxygens (including phenoxy) is 2. The van der Waals surface area contributed by atoms with Crippen molar-refractivity contribution in [3.63, 3.8) is 0 Å². The highest BCUT2D eigenvalue weighted by Gasteiger charge is 2.57. The van der Waals surface area contributed by atoms with Gasteiger partial charge in [-0.3, -0.25) is 9.97 Å². The van der Waals surface area contributed by atoms with Crippen LogP contribution in [0.1, 0.15) is 11.1 Å². The monoisotopic (exact) mass is 481 g/mol.